The van der Waals surface area contributed by atoms with E-state index in [1.165, 1.54) is 19.1 Å². The minimum Gasteiger partial charge on any atom is -0.498 e. The first kappa shape index (κ1) is 91.6. The van der Waals surface area contributed by atoms with E-state index in [2.05, 4.69) is 9.71 Å². The van der Waals surface area contributed by atoms with E-state index in [-0.39, 0.29) is 95.0 Å². The molecule has 0 amide bonds. The predicted octanol–water partition coefficient (Wildman–Crippen LogP) is 11.0. The van der Waals surface area contributed by atoms with E-state index in [1.54, 1.807) is 165 Å². The lowest BCUT2D eigenvalue weighted by Gasteiger charge is -2.46. The molecule has 3 fully saturated rings. The van der Waals surface area contributed by atoms with E-state index in [1.807, 2.05) is 90.1 Å². The molecule has 12 rings (SSSR count). The molecule has 113 heavy (non-hydrogen) atoms. The fraction of sp³-hybridized carbons (Fsp3) is 0.378. The topological polar surface area (TPSA) is 333 Å². The molecule has 25 nitrogen and oxygen atoms in total. The van der Waals surface area contributed by atoms with E-state index < -0.39 is 98.0 Å². The molecule has 0 bridgehead atoms. The maximum atomic E-state index is 14.3. The fourth-order valence-electron chi connectivity index (χ4n) is 12.7. The second-order valence-electron chi connectivity index (χ2n) is 27.1. The van der Waals surface area contributed by atoms with Crippen molar-refractivity contribution < 1.29 is 85.3 Å². The summed E-state index contributed by atoms with van der Waals surface area (Å²) in [7, 11) is -18.5. The van der Waals surface area contributed by atoms with Gasteiger partial charge in [0.15, 0.2) is 0 Å². The number of nitrogens with zero attached hydrogens (tertiary/aromatic N) is 5. The molecule has 3 unspecified atom stereocenters. The summed E-state index contributed by atoms with van der Waals surface area (Å²) in [6, 6.07) is 51.3. The number of hydrogen-bond acceptors (Lipinski definition) is 20. The molecule has 7 aromatic carbocycles. The molecular formula is C82H101ClN6O19S5. The zero-order chi connectivity index (χ0) is 81.6. The number of ketones is 1. The van der Waals surface area contributed by atoms with Crippen LogP contribution in [0.1, 0.15) is 105 Å². The minimum atomic E-state index is -3.92. The zero-order valence-corrected chi connectivity index (χ0v) is 69.8. The third-order valence-electron chi connectivity index (χ3n) is 18.9. The first-order valence-corrected chi connectivity index (χ1v) is 44.2. The lowest BCUT2D eigenvalue weighted by Crippen LogP contribution is -2.54. The number of fused-ring (bicyclic) bond motifs is 1. The van der Waals surface area contributed by atoms with Gasteiger partial charge in [-0.1, -0.05) is 155 Å². The second kappa shape index (κ2) is 42.1. The number of carbonyl (C=O) groups is 4. The molecule has 0 spiro atoms. The maximum Gasteiger partial charge on any atom is 0.335 e. The van der Waals surface area contributed by atoms with Crippen LogP contribution in [0.4, 0.5) is 0 Å². The number of halogens is 1. The summed E-state index contributed by atoms with van der Waals surface area (Å²) < 4.78 is 160. The standard InChI is InChI=1S/C30H34N2O5S2.C15H21NO5S.C15H19NO4S.C14H13NO2S.C8H13NO3.ClH/c1-4-37-30-20-29(24-8-6-5-7-9-24)32(39(35,36)26-16-12-23(3)13-17-26)28-18-19-31(21-27(28)30)38(33,34)25-14-10-22(2)11-15-25;1-3-21-15(18)13-10-16(9-8-14(13)17)22(19,20)12-6-4-11(2)5-7-12;1-3-20-15(17)13-5-4-10-16(11-13)21(18,19)14-8-6-12(2)7-9-14;1-12-7-9-14(10-8-12)18(16,17)15-11-13-5-3-2-4-6-13;1-2-12-8(11)6-5-9-4-3-7(6)10;/h5-17,28-29H,4,18-21H2,1-3H3;4-7,13-14,17H,3,8-10H2,1-2H3;5-9H,3-4,10-11H2,1-2H3;2-11H,1H3;6,9H,2-5H2,1H3;1H/t28-,29-;;;;;/m0...../s1. The third kappa shape index (κ3) is 24.5. The molecule has 0 saturated carbocycles. The number of benzene rings is 7. The highest BCUT2D eigenvalue weighted by Gasteiger charge is 2.48. The van der Waals surface area contributed by atoms with Gasteiger partial charge in [-0.2, -0.15) is 30.0 Å². The Bertz CT molecular complexity index is 5050. The molecular weight excluding hydrogens is 1570 g/mol. The number of sulfonamides is 5. The Morgan fingerprint density at radius 1 is 0.513 bits per heavy atom. The van der Waals surface area contributed by atoms with E-state index in [0.717, 1.165) is 38.9 Å². The van der Waals surface area contributed by atoms with Crippen LogP contribution in [0.3, 0.4) is 0 Å². The number of ether oxygens (including phenoxy) is 4. The van der Waals surface area contributed by atoms with Crippen LogP contribution < -0.4 is 5.32 Å². The SMILES string of the molecule is CCOC(=O)C1=CCCN(S(=O)(=O)c2ccc(C)cc2)C1.CCOC(=O)C1CN(S(=O)(=O)c2ccc(C)cc2)CCC1O.CCOC(=O)C1CNCCC1=O.CCOC1=C2CN(S(=O)(=O)c3ccc(C)cc3)CC[C@@H]2N(S(=O)(=O)c2ccc(C)cc2)[C@H](c2ccccc2)C1.Cc1ccc(S(=O)(=O)N=Cc2ccccc2)cc1.Cl. The van der Waals surface area contributed by atoms with Crippen LogP contribution in [0.2, 0.25) is 0 Å². The van der Waals surface area contributed by atoms with Gasteiger partial charge < -0.3 is 29.4 Å². The molecule has 2 N–H and O–H groups in total. The lowest BCUT2D eigenvalue weighted by molar-refractivity contribution is -0.154. The number of carbonyl (C=O) groups excluding carboxylic acids is 4. The van der Waals surface area contributed by atoms with Crippen LogP contribution in [0.15, 0.2) is 234 Å². The van der Waals surface area contributed by atoms with Gasteiger partial charge in [-0.25, -0.2) is 38.5 Å². The number of rotatable bonds is 20. The third-order valence-corrected chi connectivity index (χ3v) is 27.7. The highest BCUT2D eigenvalue weighted by atomic mass is 35.5. The summed E-state index contributed by atoms with van der Waals surface area (Å²) in [4.78, 5) is 47.0. The zero-order valence-electron chi connectivity index (χ0n) is 64.9. The minimum absolute atomic E-state index is 0. The summed E-state index contributed by atoms with van der Waals surface area (Å²) >= 11 is 0. The normalized spacial score (nSPS) is 19.2. The van der Waals surface area contributed by atoms with Gasteiger partial charge in [0.1, 0.15) is 11.7 Å². The van der Waals surface area contributed by atoms with Crippen molar-refractivity contribution >= 4 is 92.4 Å². The van der Waals surface area contributed by atoms with Crippen molar-refractivity contribution in [2.75, 3.05) is 78.8 Å². The van der Waals surface area contributed by atoms with E-state index >= 15 is 0 Å². The summed E-state index contributed by atoms with van der Waals surface area (Å²) in [6.45, 7) is 19.7. The van der Waals surface area contributed by atoms with E-state index in [4.69, 9.17) is 18.9 Å². The highest BCUT2D eigenvalue weighted by Crippen LogP contribution is 2.45. The first-order chi connectivity index (χ1) is 53.3. The van der Waals surface area contributed by atoms with Crippen molar-refractivity contribution in [2.24, 2.45) is 16.2 Å². The van der Waals surface area contributed by atoms with E-state index in [0.29, 0.717) is 75.4 Å². The summed E-state index contributed by atoms with van der Waals surface area (Å²) in [5.74, 6) is -2.13. The quantitative estimate of drug-likeness (QED) is 0.0310. The van der Waals surface area contributed by atoms with Gasteiger partial charge in [0.2, 0.25) is 40.1 Å². The molecule has 610 valence electrons. The van der Waals surface area contributed by atoms with Gasteiger partial charge in [-0.05, 0) is 153 Å². The largest absolute Gasteiger partial charge is 0.498 e. The molecule has 3 saturated heterocycles. The van der Waals surface area contributed by atoms with Crippen LogP contribution in [0, 0.1) is 46.5 Å². The van der Waals surface area contributed by atoms with Crippen molar-refractivity contribution in [1.82, 2.24) is 22.5 Å². The fourth-order valence-corrected chi connectivity index (χ4v) is 19.8. The number of piperidine rings is 3. The van der Waals surface area contributed by atoms with Crippen LogP contribution in [0.5, 0.6) is 0 Å². The average molecular weight is 1670 g/mol. The molecule has 31 heteroatoms. The van der Waals surface area contributed by atoms with Crippen molar-refractivity contribution in [3.05, 3.63) is 244 Å². The number of hydrogen-bond donors (Lipinski definition) is 2. The van der Waals surface area contributed by atoms with Crippen LogP contribution in [0.25, 0.3) is 0 Å². The Balaban J connectivity index is 0.000000207. The highest BCUT2D eigenvalue weighted by molar-refractivity contribution is 7.90. The number of Topliss-reactive ketones (excluding diaryl/α,β-unsaturated/α-hetero) is 1. The number of aliphatic hydroxyl groups is 1. The number of aryl methyl sites for hydroxylation is 5. The van der Waals surface area contributed by atoms with Crippen LogP contribution >= 0.6 is 12.4 Å². The Hall–Kier alpha value is -8.63. The van der Waals surface area contributed by atoms with Crippen LogP contribution in [-0.2, 0) is 88.2 Å². The monoisotopic (exact) mass is 1670 g/mol. The Morgan fingerprint density at radius 2 is 0.956 bits per heavy atom. The molecule has 7 aromatic rings. The Labute approximate surface area is 671 Å². The Morgan fingerprint density at radius 3 is 1.43 bits per heavy atom. The van der Waals surface area contributed by atoms with Crippen molar-refractivity contribution in [3.63, 3.8) is 0 Å². The summed E-state index contributed by atoms with van der Waals surface area (Å²) in [5, 5.41) is 12.9. The lowest BCUT2D eigenvalue weighted by atomic mass is 9.88. The van der Waals surface area contributed by atoms with Gasteiger partial charge >= 0.3 is 17.9 Å². The van der Waals surface area contributed by atoms with Crippen molar-refractivity contribution in [3.8, 4) is 0 Å². The average Bonchev–Trinajstić information content (AvgIpc) is 0.730. The Kier molecular flexibility index (Phi) is 34.1. The summed E-state index contributed by atoms with van der Waals surface area (Å²) in [5.41, 5.74) is 7.68. The van der Waals surface area contributed by atoms with Gasteiger partial charge in [0, 0.05) is 82.6 Å². The van der Waals surface area contributed by atoms with Gasteiger partial charge in [-0.3, -0.25) is 14.4 Å². The molecule has 5 heterocycles. The van der Waals surface area contributed by atoms with Gasteiger partial charge in [0.25, 0.3) is 10.0 Å². The smallest absolute Gasteiger partial charge is 0.335 e. The second-order valence-corrected chi connectivity index (χ2v) is 36.3. The number of esters is 3. The molecule has 5 atom stereocenters. The predicted molar refractivity (Wildman–Crippen MR) is 433 cm³/mol. The van der Waals surface area contributed by atoms with Crippen molar-refractivity contribution in [1.29, 1.82) is 0 Å². The van der Waals surface area contributed by atoms with Crippen molar-refractivity contribution in [2.45, 2.75) is 137 Å². The molecule has 0 aliphatic carbocycles. The van der Waals surface area contributed by atoms with Gasteiger partial charge in [-0.15, -0.1) is 12.4 Å². The molecule has 0 aromatic heterocycles. The number of aliphatic hydroxyl groups excluding tert-OH is 1. The maximum absolute atomic E-state index is 14.3. The van der Waals surface area contributed by atoms with Gasteiger partial charge in [0.05, 0.1) is 80.8 Å². The molecule has 5 aliphatic heterocycles. The first-order valence-electron chi connectivity index (χ1n) is 37.0. The van der Waals surface area contributed by atoms with Crippen LogP contribution in [-0.4, -0.2) is 185 Å². The van der Waals surface area contributed by atoms with E-state index in [9.17, 15) is 66.4 Å². The molecule has 5 aliphatic rings. The summed E-state index contributed by atoms with van der Waals surface area (Å²) in [6.07, 6.45) is 4.05. The molecule has 0 radical (unpaired) electrons. The number of nitrogens with one attached hydrogen (secondary N) is 1.